The van der Waals surface area contributed by atoms with Crippen molar-refractivity contribution in [1.82, 2.24) is 15.0 Å². The van der Waals surface area contributed by atoms with Gasteiger partial charge in [-0.1, -0.05) is 40.0 Å². The van der Waals surface area contributed by atoms with E-state index in [1.165, 1.54) is 14.2 Å². The average Bonchev–Trinajstić information content (AvgIpc) is 3.28. The monoisotopic (exact) mass is 524 g/mol. The lowest BCUT2D eigenvalue weighted by Crippen LogP contribution is -2.40. The molecular formula is C23H23Cl3N4O4. The van der Waals surface area contributed by atoms with Crippen LogP contribution in [0.1, 0.15) is 18.7 Å². The predicted octanol–water partition coefficient (Wildman–Crippen LogP) is 5.56. The maximum absolute atomic E-state index is 13.0. The molecule has 11 heteroatoms. The molecule has 1 unspecified atom stereocenters. The maximum Gasteiger partial charge on any atom is 0.241 e. The smallest absolute Gasteiger partial charge is 0.241 e. The van der Waals surface area contributed by atoms with E-state index in [0.29, 0.717) is 62.6 Å². The number of methoxy groups -OCH3 is 2. The van der Waals surface area contributed by atoms with E-state index >= 15 is 0 Å². The van der Waals surface area contributed by atoms with E-state index in [2.05, 4.69) is 20.4 Å². The molecule has 8 nitrogen and oxygen atoms in total. The minimum atomic E-state index is -0.215. The molecule has 0 aliphatic carbocycles. The molecule has 1 N–H and O–H groups in total. The fourth-order valence-electron chi connectivity index (χ4n) is 3.90. The Bertz CT molecular complexity index is 1190. The Kier molecular flexibility index (Phi) is 7.83. The maximum atomic E-state index is 13.0. The van der Waals surface area contributed by atoms with Crippen molar-refractivity contribution in [1.29, 1.82) is 0 Å². The molecule has 1 aromatic heterocycles. The van der Waals surface area contributed by atoms with Crippen LogP contribution in [0.3, 0.4) is 0 Å². The largest absolute Gasteiger partial charge is 0.495 e. The van der Waals surface area contributed by atoms with Crippen LogP contribution in [0.4, 0.5) is 5.69 Å². The van der Waals surface area contributed by atoms with Gasteiger partial charge in [-0.05, 0) is 37.6 Å². The molecule has 0 spiro atoms. The SMILES string of the molecule is COc1cc(NC(=O)C2CCCN(Cc3nc(-c4ccc(Cl)cc4Cl)no3)C2)c(OC)cc1Cl. The molecule has 1 aliphatic heterocycles. The number of likely N-dealkylation sites (tertiary alicyclic amines) is 1. The van der Waals surface area contributed by atoms with Gasteiger partial charge in [-0.2, -0.15) is 4.98 Å². The van der Waals surface area contributed by atoms with Gasteiger partial charge < -0.3 is 19.3 Å². The number of hydrogen-bond donors (Lipinski definition) is 1. The summed E-state index contributed by atoms with van der Waals surface area (Å²) in [6, 6.07) is 8.37. The van der Waals surface area contributed by atoms with Crippen LogP contribution in [-0.4, -0.2) is 48.3 Å². The number of halogens is 3. The fourth-order valence-corrected chi connectivity index (χ4v) is 4.62. The zero-order valence-electron chi connectivity index (χ0n) is 18.6. The van der Waals surface area contributed by atoms with E-state index in [-0.39, 0.29) is 11.8 Å². The first kappa shape index (κ1) is 24.6. The van der Waals surface area contributed by atoms with Gasteiger partial charge in [-0.3, -0.25) is 9.69 Å². The Morgan fingerprint density at radius 1 is 1.15 bits per heavy atom. The molecule has 1 aliphatic rings. The second-order valence-corrected chi connectivity index (χ2v) is 9.14. The van der Waals surface area contributed by atoms with Crippen molar-refractivity contribution >= 4 is 46.4 Å². The molecule has 2 heterocycles. The zero-order chi connectivity index (χ0) is 24.2. The molecule has 34 heavy (non-hydrogen) atoms. The van der Waals surface area contributed by atoms with Gasteiger partial charge >= 0.3 is 0 Å². The normalized spacial score (nSPS) is 16.3. The number of hydrogen-bond acceptors (Lipinski definition) is 7. The molecule has 3 aromatic rings. The third-order valence-corrected chi connectivity index (χ3v) is 6.45. The predicted molar refractivity (Wildman–Crippen MR) is 131 cm³/mol. The van der Waals surface area contributed by atoms with Crippen molar-refractivity contribution in [3.8, 4) is 22.9 Å². The van der Waals surface area contributed by atoms with Crippen molar-refractivity contribution in [2.75, 3.05) is 32.6 Å². The van der Waals surface area contributed by atoms with Gasteiger partial charge in [-0.25, -0.2) is 0 Å². The van der Waals surface area contributed by atoms with Gasteiger partial charge in [0, 0.05) is 29.3 Å². The first-order chi connectivity index (χ1) is 16.4. The molecule has 2 aromatic carbocycles. The van der Waals surface area contributed by atoms with E-state index in [1.807, 2.05) is 0 Å². The average molecular weight is 526 g/mol. The molecule has 1 atom stereocenters. The Labute approximate surface area is 212 Å². The molecule has 4 rings (SSSR count). The van der Waals surface area contributed by atoms with Crippen LogP contribution < -0.4 is 14.8 Å². The van der Waals surface area contributed by atoms with E-state index in [4.69, 9.17) is 48.8 Å². The van der Waals surface area contributed by atoms with Crippen molar-refractivity contribution in [3.63, 3.8) is 0 Å². The number of rotatable bonds is 7. The summed E-state index contributed by atoms with van der Waals surface area (Å²) in [6.07, 6.45) is 1.63. The minimum absolute atomic E-state index is 0.105. The van der Waals surface area contributed by atoms with E-state index in [9.17, 15) is 4.79 Å². The highest BCUT2D eigenvalue weighted by molar-refractivity contribution is 6.36. The molecule has 0 saturated carbocycles. The quantitative estimate of drug-likeness (QED) is 0.431. The van der Waals surface area contributed by atoms with Gasteiger partial charge in [0.25, 0.3) is 0 Å². The molecule has 1 saturated heterocycles. The highest BCUT2D eigenvalue weighted by Gasteiger charge is 2.28. The Hall–Kier alpha value is -2.52. The topological polar surface area (TPSA) is 89.7 Å². The Morgan fingerprint density at radius 2 is 1.94 bits per heavy atom. The third-order valence-electron chi connectivity index (χ3n) is 5.61. The van der Waals surface area contributed by atoms with Gasteiger partial charge in [0.15, 0.2) is 0 Å². The number of aromatic nitrogens is 2. The lowest BCUT2D eigenvalue weighted by molar-refractivity contribution is -0.121. The van der Waals surface area contributed by atoms with Crippen molar-refractivity contribution in [2.24, 2.45) is 5.92 Å². The molecular weight excluding hydrogens is 503 g/mol. The molecule has 0 bridgehead atoms. The number of benzene rings is 2. The third kappa shape index (κ3) is 5.58. The summed E-state index contributed by atoms with van der Waals surface area (Å²) in [4.78, 5) is 19.6. The summed E-state index contributed by atoms with van der Waals surface area (Å²) in [6.45, 7) is 1.81. The fraction of sp³-hybridized carbons (Fsp3) is 0.348. The number of carbonyl (C=O) groups excluding carboxylic acids is 1. The first-order valence-electron chi connectivity index (χ1n) is 10.6. The van der Waals surface area contributed by atoms with Crippen LogP contribution in [-0.2, 0) is 11.3 Å². The Balaban J connectivity index is 1.41. The summed E-state index contributed by atoms with van der Waals surface area (Å²) >= 11 is 18.4. The summed E-state index contributed by atoms with van der Waals surface area (Å²) in [5.41, 5.74) is 1.15. The van der Waals surface area contributed by atoms with Crippen LogP contribution in [0, 0.1) is 5.92 Å². The van der Waals surface area contributed by atoms with Crippen LogP contribution in [0.2, 0.25) is 15.1 Å². The van der Waals surface area contributed by atoms with Crippen molar-refractivity contribution in [2.45, 2.75) is 19.4 Å². The number of nitrogens with one attached hydrogen (secondary N) is 1. The Morgan fingerprint density at radius 3 is 2.68 bits per heavy atom. The summed E-state index contributed by atoms with van der Waals surface area (Å²) < 4.78 is 16.0. The van der Waals surface area contributed by atoms with Crippen LogP contribution >= 0.6 is 34.8 Å². The van der Waals surface area contributed by atoms with Gasteiger partial charge in [0.2, 0.25) is 17.6 Å². The lowest BCUT2D eigenvalue weighted by atomic mass is 9.97. The van der Waals surface area contributed by atoms with E-state index in [1.54, 1.807) is 30.3 Å². The molecule has 180 valence electrons. The summed E-state index contributed by atoms with van der Waals surface area (Å²) in [7, 11) is 3.04. The van der Waals surface area contributed by atoms with Crippen molar-refractivity contribution < 1.29 is 18.8 Å². The number of anilines is 1. The van der Waals surface area contributed by atoms with Crippen LogP contribution in [0.25, 0.3) is 11.4 Å². The highest BCUT2D eigenvalue weighted by Crippen LogP contribution is 2.36. The van der Waals surface area contributed by atoms with E-state index in [0.717, 1.165) is 19.4 Å². The van der Waals surface area contributed by atoms with Crippen LogP contribution in [0.15, 0.2) is 34.9 Å². The van der Waals surface area contributed by atoms with Gasteiger partial charge in [0.05, 0.1) is 42.4 Å². The summed E-state index contributed by atoms with van der Waals surface area (Å²) in [5, 5.41) is 8.37. The number of piperidine rings is 1. The second-order valence-electron chi connectivity index (χ2n) is 7.89. The lowest BCUT2D eigenvalue weighted by Gasteiger charge is -2.31. The zero-order valence-corrected chi connectivity index (χ0v) is 20.9. The van der Waals surface area contributed by atoms with E-state index < -0.39 is 0 Å². The molecule has 1 fully saturated rings. The number of amides is 1. The molecule has 0 radical (unpaired) electrons. The summed E-state index contributed by atoms with van der Waals surface area (Å²) in [5.74, 6) is 1.44. The highest BCUT2D eigenvalue weighted by atomic mass is 35.5. The van der Waals surface area contributed by atoms with Crippen LogP contribution in [0.5, 0.6) is 11.5 Å². The number of nitrogens with zero attached hydrogens (tertiary/aromatic N) is 3. The second kappa shape index (κ2) is 10.8. The van der Waals surface area contributed by atoms with Gasteiger partial charge in [0.1, 0.15) is 11.5 Å². The van der Waals surface area contributed by atoms with Crippen molar-refractivity contribution in [3.05, 3.63) is 51.3 Å². The number of carbonyl (C=O) groups is 1. The number of ether oxygens (including phenoxy) is 2. The molecule has 1 amide bonds. The standard InChI is InChI=1S/C23H23Cl3N4O4/c1-32-19-10-18(20(33-2)9-17(19)26)27-23(31)13-4-3-7-30(11-13)12-21-28-22(29-34-21)15-6-5-14(24)8-16(15)25/h5-6,8-10,13H,3-4,7,11-12H2,1-2H3,(H,27,31). The minimum Gasteiger partial charge on any atom is -0.495 e. The van der Waals surface area contributed by atoms with Gasteiger partial charge in [-0.15, -0.1) is 0 Å². The first-order valence-corrected chi connectivity index (χ1v) is 11.7.